The summed E-state index contributed by atoms with van der Waals surface area (Å²) in [6, 6.07) is 9.01. The van der Waals surface area contributed by atoms with E-state index in [-0.39, 0.29) is 11.9 Å². The fourth-order valence-electron chi connectivity index (χ4n) is 2.26. The molecule has 0 aliphatic heterocycles. The second-order valence-electron chi connectivity index (χ2n) is 5.04. The standard InChI is InChI=1S/C16H17N5O2/c1-11(21-8-7-17-10-21)16(22)18-15-9-13(19-20-15)12-5-3-4-6-14(12)23-2/h3-11H,1-2H3,(H2,18,19,20,22). The number of carbonyl (C=O) groups is 1. The molecule has 0 saturated heterocycles. The fourth-order valence-corrected chi connectivity index (χ4v) is 2.26. The predicted octanol–water partition coefficient (Wildman–Crippen LogP) is 2.48. The Hall–Kier alpha value is -3.09. The Labute approximate surface area is 133 Å². The lowest BCUT2D eigenvalue weighted by molar-refractivity contribution is -0.118. The van der Waals surface area contributed by atoms with Crippen molar-refractivity contribution in [2.24, 2.45) is 0 Å². The molecule has 0 saturated carbocycles. The number of nitrogens with one attached hydrogen (secondary N) is 2. The van der Waals surface area contributed by atoms with Gasteiger partial charge in [-0.15, -0.1) is 0 Å². The summed E-state index contributed by atoms with van der Waals surface area (Å²) >= 11 is 0. The van der Waals surface area contributed by atoms with Crippen LogP contribution in [-0.4, -0.2) is 32.8 Å². The highest BCUT2D eigenvalue weighted by Gasteiger charge is 2.16. The first kappa shape index (κ1) is 14.8. The molecule has 3 rings (SSSR count). The number of H-pyrrole nitrogens is 1. The van der Waals surface area contributed by atoms with Crippen LogP contribution in [-0.2, 0) is 4.79 Å². The molecule has 0 spiro atoms. The normalized spacial score (nSPS) is 11.9. The van der Waals surface area contributed by atoms with Crippen molar-refractivity contribution in [3.8, 4) is 17.0 Å². The van der Waals surface area contributed by atoms with Gasteiger partial charge in [0.05, 0.1) is 19.1 Å². The molecule has 1 unspecified atom stereocenters. The zero-order valence-corrected chi connectivity index (χ0v) is 12.9. The zero-order chi connectivity index (χ0) is 16.2. The molecule has 2 heterocycles. The van der Waals surface area contributed by atoms with Crippen LogP contribution in [0, 0.1) is 0 Å². The molecule has 2 N–H and O–H groups in total. The van der Waals surface area contributed by atoms with E-state index >= 15 is 0 Å². The molecule has 7 heteroatoms. The van der Waals surface area contributed by atoms with Crippen LogP contribution in [0.25, 0.3) is 11.3 Å². The van der Waals surface area contributed by atoms with Gasteiger partial charge < -0.3 is 14.6 Å². The second kappa shape index (κ2) is 6.35. The molecule has 118 valence electrons. The van der Waals surface area contributed by atoms with E-state index in [4.69, 9.17) is 4.74 Å². The third kappa shape index (κ3) is 3.08. The predicted molar refractivity (Wildman–Crippen MR) is 86.1 cm³/mol. The average Bonchev–Trinajstić information content (AvgIpc) is 3.26. The Morgan fingerprint density at radius 1 is 1.39 bits per heavy atom. The van der Waals surface area contributed by atoms with E-state index in [1.54, 1.807) is 43.4 Å². The molecule has 0 bridgehead atoms. The van der Waals surface area contributed by atoms with Crippen molar-refractivity contribution in [1.82, 2.24) is 19.7 Å². The number of hydrogen-bond donors (Lipinski definition) is 2. The molecule has 0 radical (unpaired) electrons. The van der Waals surface area contributed by atoms with Crippen molar-refractivity contribution in [2.45, 2.75) is 13.0 Å². The first-order chi connectivity index (χ1) is 11.2. The van der Waals surface area contributed by atoms with Gasteiger partial charge in [0.25, 0.3) is 0 Å². The van der Waals surface area contributed by atoms with Gasteiger partial charge in [0.2, 0.25) is 5.91 Å². The molecule has 0 fully saturated rings. The smallest absolute Gasteiger partial charge is 0.248 e. The number of amides is 1. The minimum Gasteiger partial charge on any atom is -0.496 e. The molecule has 3 aromatic rings. The van der Waals surface area contributed by atoms with E-state index in [0.29, 0.717) is 5.82 Å². The second-order valence-corrected chi connectivity index (χ2v) is 5.04. The summed E-state index contributed by atoms with van der Waals surface area (Å²) in [6.07, 6.45) is 4.99. The van der Waals surface area contributed by atoms with Crippen LogP contribution < -0.4 is 10.1 Å². The zero-order valence-electron chi connectivity index (χ0n) is 12.9. The number of rotatable bonds is 5. The van der Waals surface area contributed by atoms with Gasteiger partial charge in [0.15, 0.2) is 5.82 Å². The number of imidazole rings is 1. The van der Waals surface area contributed by atoms with Crippen LogP contribution in [0.15, 0.2) is 49.1 Å². The molecule has 0 aliphatic rings. The molecule has 23 heavy (non-hydrogen) atoms. The maximum atomic E-state index is 12.2. The van der Waals surface area contributed by atoms with Crippen molar-refractivity contribution in [3.63, 3.8) is 0 Å². The number of aromatic amines is 1. The van der Waals surface area contributed by atoms with Gasteiger partial charge in [-0.25, -0.2) is 4.98 Å². The van der Waals surface area contributed by atoms with Gasteiger partial charge in [0, 0.05) is 24.0 Å². The summed E-state index contributed by atoms with van der Waals surface area (Å²) in [6.45, 7) is 1.80. The maximum Gasteiger partial charge on any atom is 0.248 e. The Morgan fingerprint density at radius 3 is 2.96 bits per heavy atom. The topological polar surface area (TPSA) is 84.8 Å². The summed E-state index contributed by atoms with van der Waals surface area (Å²) in [4.78, 5) is 16.2. The average molecular weight is 311 g/mol. The molecule has 2 aromatic heterocycles. The van der Waals surface area contributed by atoms with Crippen molar-refractivity contribution < 1.29 is 9.53 Å². The quantitative estimate of drug-likeness (QED) is 0.758. The highest BCUT2D eigenvalue weighted by molar-refractivity contribution is 5.93. The van der Waals surface area contributed by atoms with Crippen LogP contribution in [0.4, 0.5) is 5.82 Å². The molecular formula is C16H17N5O2. The van der Waals surface area contributed by atoms with Gasteiger partial charge in [-0.3, -0.25) is 9.89 Å². The molecular weight excluding hydrogens is 294 g/mol. The number of benzene rings is 1. The van der Waals surface area contributed by atoms with Crippen LogP contribution in [0.3, 0.4) is 0 Å². The minimum atomic E-state index is -0.371. The largest absolute Gasteiger partial charge is 0.496 e. The number of para-hydroxylation sites is 1. The monoisotopic (exact) mass is 311 g/mol. The van der Waals surface area contributed by atoms with Crippen molar-refractivity contribution in [3.05, 3.63) is 49.1 Å². The van der Waals surface area contributed by atoms with Gasteiger partial charge in [-0.05, 0) is 19.1 Å². The number of anilines is 1. The number of aromatic nitrogens is 4. The summed E-state index contributed by atoms with van der Waals surface area (Å²) < 4.78 is 7.06. The Bertz CT molecular complexity index is 794. The third-order valence-electron chi connectivity index (χ3n) is 3.58. The van der Waals surface area contributed by atoms with E-state index < -0.39 is 0 Å². The minimum absolute atomic E-state index is 0.166. The molecule has 0 aliphatic carbocycles. The van der Waals surface area contributed by atoms with E-state index in [1.165, 1.54) is 0 Å². The van der Waals surface area contributed by atoms with Gasteiger partial charge in [-0.1, -0.05) is 12.1 Å². The van der Waals surface area contributed by atoms with Gasteiger partial charge in [-0.2, -0.15) is 5.10 Å². The van der Waals surface area contributed by atoms with Gasteiger partial charge in [0.1, 0.15) is 11.8 Å². The third-order valence-corrected chi connectivity index (χ3v) is 3.58. The van der Waals surface area contributed by atoms with Crippen LogP contribution in [0.1, 0.15) is 13.0 Å². The summed E-state index contributed by atoms with van der Waals surface area (Å²) in [5.41, 5.74) is 1.65. The molecule has 1 amide bonds. The van der Waals surface area contributed by atoms with Crippen molar-refractivity contribution in [1.29, 1.82) is 0 Å². The SMILES string of the molecule is COc1ccccc1-c1cc(NC(=O)C(C)n2ccnc2)n[nH]1. The number of carbonyl (C=O) groups excluding carboxylic acids is 1. The van der Waals surface area contributed by atoms with E-state index in [0.717, 1.165) is 17.0 Å². The first-order valence-corrected chi connectivity index (χ1v) is 7.16. The van der Waals surface area contributed by atoms with Crippen molar-refractivity contribution in [2.75, 3.05) is 12.4 Å². The summed E-state index contributed by atoms with van der Waals surface area (Å²) in [5.74, 6) is 1.03. The molecule has 7 nitrogen and oxygen atoms in total. The lowest BCUT2D eigenvalue weighted by Gasteiger charge is -2.11. The molecule has 1 atom stereocenters. The van der Waals surface area contributed by atoms with E-state index in [2.05, 4.69) is 20.5 Å². The molecule has 1 aromatic carbocycles. The highest BCUT2D eigenvalue weighted by Crippen LogP contribution is 2.29. The van der Waals surface area contributed by atoms with Crippen LogP contribution in [0.2, 0.25) is 0 Å². The lowest BCUT2D eigenvalue weighted by atomic mass is 10.1. The maximum absolute atomic E-state index is 12.2. The van der Waals surface area contributed by atoms with Crippen LogP contribution >= 0.6 is 0 Å². The lowest BCUT2D eigenvalue weighted by Crippen LogP contribution is -2.23. The summed E-state index contributed by atoms with van der Waals surface area (Å²) in [7, 11) is 1.62. The highest BCUT2D eigenvalue weighted by atomic mass is 16.5. The first-order valence-electron chi connectivity index (χ1n) is 7.16. The Balaban J connectivity index is 1.76. The van der Waals surface area contributed by atoms with Gasteiger partial charge >= 0.3 is 0 Å². The van der Waals surface area contributed by atoms with E-state index in [9.17, 15) is 4.79 Å². The fraction of sp³-hybridized carbons (Fsp3) is 0.188. The Kier molecular flexibility index (Phi) is 4.09. The number of hydrogen-bond acceptors (Lipinski definition) is 4. The number of ether oxygens (including phenoxy) is 1. The number of nitrogens with zero attached hydrogens (tertiary/aromatic N) is 3. The summed E-state index contributed by atoms with van der Waals surface area (Å²) in [5, 5.41) is 9.83. The Morgan fingerprint density at radius 2 is 2.22 bits per heavy atom. The number of methoxy groups -OCH3 is 1. The van der Waals surface area contributed by atoms with E-state index in [1.807, 2.05) is 24.3 Å². The van der Waals surface area contributed by atoms with Crippen LogP contribution in [0.5, 0.6) is 5.75 Å². The van der Waals surface area contributed by atoms with Crippen molar-refractivity contribution >= 4 is 11.7 Å².